The van der Waals surface area contributed by atoms with Gasteiger partial charge in [0.25, 0.3) is 0 Å². The number of nitrogens with two attached hydrogens (primary N) is 1. The van der Waals surface area contributed by atoms with Crippen LogP contribution in [0.4, 0.5) is 17.5 Å². The molecule has 0 amide bonds. The van der Waals surface area contributed by atoms with E-state index in [9.17, 15) is 10.1 Å². The van der Waals surface area contributed by atoms with Gasteiger partial charge in [0.05, 0.1) is 4.92 Å². The van der Waals surface area contributed by atoms with Crippen LogP contribution in [0.3, 0.4) is 0 Å². The smallest absolute Gasteiger partial charge is 0.332 e. The maximum atomic E-state index is 11.1. The van der Waals surface area contributed by atoms with Crippen LogP contribution in [0.25, 0.3) is 0 Å². The molecule has 1 saturated heterocycles. The first kappa shape index (κ1) is 14.4. The molecule has 1 aliphatic heterocycles. The molecule has 2 rings (SSSR count). The summed E-state index contributed by atoms with van der Waals surface area (Å²) in [6, 6.07) is 0.300. The highest BCUT2D eigenvalue weighted by atomic mass is 16.6. The number of likely N-dealkylation sites (tertiary alicyclic amines) is 1. The van der Waals surface area contributed by atoms with Crippen LogP contribution < -0.4 is 11.1 Å². The van der Waals surface area contributed by atoms with E-state index in [0.717, 1.165) is 13.1 Å². The summed E-state index contributed by atoms with van der Waals surface area (Å²) in [7, 11) is 0. The van der Waals surface area contributed by atoms with Crippen molar-refractivity contribution in [3.05, 3.63) is 15.8 Å². The lowest BCUT2D eigenvalue weighted by Crippen LogP contribution is -2.35. The zero-order chi connectivity index (χ0) is 14.7. The van der Waals surface area contributed by atoms with E-state index in [1.165, 1.54) is 12.8 Å². The highest BCUT2D eigenvalue weighted by Gasteiger charge is 2.23. The fourth-order valence-corrected chi connectivity index (χ4v) is 2.49. The van der Waals surface area contributed by atoms with E-state index in [1.54, 1.807) is 6.92 Å². The molecule has 8 heteroatoms. The van der Waals surface area contributed by atoms with Crippen LogP contribution in [0, 0.1) is 17.0 Å². The van der Waals surface area contributed by atoms with E-state index in [1.807, 2.05) is 0 Å². The van der Waals surface area contributed by atoms with Crippen molar-refractivity contribution in [3.8, 4) is 0 Å². The second kappa shape index (κ2) is 6.00. The Balaban J connectivity index is 2.10. The van der Waals surface area contributed by atoms with Crippen LogP contribution in [0.1, 0.15) is 25.5 Å². The predicted octanol–water partition coefficient (Wildman–Crippen LogP) is 1.17. The summed E-state index contributed by atoms with van der Waals surface area (Å²) in [5.74, 6) is 0.246. The Morgan fingerprint density at radius 3 is 2.70 bits per heavy atom. The minimum atomic E-state index is -0.475. The Morgan fingerprint density at radius 1 is 1.45 bits per heavy atom. The third-order valence-electron chi connectivity index (χ3n) is 3.59. The van der Waals surface area contributed by atoms with E-state index in [-0.39, 0.29) is 23.1 Å². The van der Waals surface area contributed by atoms with E-state index < -0.39 is 4.92 Å². The predicted molar refractivity (Wildman–Crippen MR) is 76.6 cm³/mol. The second-order valence-electron chi connectivity index (χ2n) is 5.09. The van der Waals surface area contributed by atoms with E-state index >= 15 is 0 Å². The fraction of sp³-hybridized carbons (Fsp3) is 0.667. The lowest BCUT2D eigenvalue weighted by molar-refractivity contribution is -0.385. The van der Waals surface area contributed by atoms with Crippen molar-refractivity contribution in [2.45, 2.75) is 32.7 Å². The minimum absolute atomic E-state index is 0.0458. The third-order valence-corrected chi connectivity index (χ3v) is 3.59. The molecule has 110 valence electrons. The van der Waals surface area contributed by atoms with Gasteiger partial charge in [0.1, 0.15) is 5.69 Å². The monoisotopic (exact) mass is 280 g/mol. The standard InChI is InChI=1S/C12H20N6O2/c1-8(17-5-3-4-6-17)7-14-11-10(18(19)20)9(2)15-12(13)16-11/h8H,3-7H2,1-2H3,(H3,13,14,15,16). The van der Waals surface area contributed by atoms with Crippen LogP contribution in [-0.4, -0.2) is 45.5 Å². The molecule has 1 atom stereocenters. The first-order chi connectivity index (χ1) is 9.49. The van der Waals surface area contributed by atoms with E-state index in [4.69, 9.17) is 5.73 Å². The number of aryl methyl sites for hydroxylation is 1. The molecule has 1 aromatic heterocycles. The Morgan fingerprint density at radius 2 is 2.10 bits per heavy atom. The van der Waals surface area contributed by atoms with Gasteiger partial charge in [-0.15, -0.1) is 0 Å². The molecule has 1 aromatic rings. The first-order valence-corrected chi connectivity index (χ1v) is 6.75. The summed E-state index contributed by atoms with van der Waals surface area (Å²) in [6.07, 6.45) is 2.42. The summed E-state index contributed by atoms with van der Waals surface area (Å²) >= 11 is 0. The fourth-order valence-electron chi connectivity index (χ4n) is 2.49. The number of nitro groups is 1. The molecule has 0 spiro atoms. The van der Waals surface area contributed by atoms with Crippen molar-refractivity contribution in [1.29, 1.82) is 0 Å². The molecule has 0 saturated carbocycles. The largest absolute Gasteiger partial charge is 0.368 e. The lowest BCUT2D eigenvalue weighted by Gasteiger charge is -2.24. The van der Waals surface area contributed by atoms with Gasteiger partial charge >= 0.3 is 5.69 Å². The quantitative estimate of drug-likeness (QED) is 0.615. The average Bonchev–Trinajstić information content (AvgIpc) is 2.88. The van der Waals surface area contributed by atoms with Gasteiger partial charge in [-0.2, -0.15) is 4.98 Å². The Labute approximate surface area is 117 Å². The van der Waals surface area contributed by atoms with Crippen LogP contribution in [-0.2, 0) is 0 Å². The summed E-state index contributed by atoms with van der Waals surface area (Å²) in [5.41, 5.74) is 5.73. The molecular weight excluding hydrogens is 260 g/mol. The van der Waals surface area contributed by atoms with Gasteiger partial charge in [-0.1, -0.05) is 0 Å². The Bertz CT molecular complexity index is 501. The SMILES string of the molecule is Cc1nc(N)nc(NCC(C)N2CCCC2)c1[N+](=O)[O-]. The van der Waals surface area contributed by atoms with Crippen LogP contribution in [0.2, 0.25) is 0 Å². The van der Waals surface area contributed by atoms with Gasteiger partial charge in [-0.05, 0) is 39.8 Å². The molecule has 0 aromatic carbocycles. The van der Waals surface area contributed by atoms with Gasteiger partial charge < -0.3 is 11.1 Å². The van der Waals surface area contributed by atoms with Crippen LogP contribution >= 0.6 is 0 Å². The van der Waals surface area contributed by atoms with Crippen molar-refractivity contribution in [2.24, 2.45) is 0 Å². The van der Waals surface area contributed by atoms with Crippen molar-refractivity contribution < 1.29 is 4.92 Å². The zero-order valence-corrected chi connectivity index (χ0v) is 11.8. The number of aromatic nitrogens is 2. The van der Waals surface area contributed by atoms with Crippen molar-refractivity contribution in [1.82, 2.24) is 14.9 Å². The minimum Gasteiger partial charge on any atom is -0.368 e. The Hall–Kier alpha value is -1.96. The summed E-state index contributed by atoms with van der Waals surface area (Å²) in [5, 5.41) is 14.1. The highest BCUT2D eigenvalue weighted by molar-refractivity contribution is 5.60. The lowest BCUT2D eigenvalue weighted by atomic mass is 10.3. The summed E-state index contributed by atoms with van der Waals surface area (Å²) in [6.45, 7) is 6.41. The first-order valence-electron chi connectivity index (χ1n) is 6.75. The number of hydrogen-bond donors (Lipinski definition) is 2. The molecule has 20 heavy (non-hydrogen) atoms. The number of nitrogen functional groups attached to an aromatic ring is 1. The molecule has 0 bridgehead atoms. The molecular formula is C12H20N6O2. The van der Waals surface area contributed by atoms with Crippen molar-refractivity contribution >= 4 is 17.5 Å². The highest BCUT2D eigenvalue weighted by Crippen LogP contribution is 2.25. The Kier molecular flexibility index (Phi) is 4.33. The van der Waals surface area contributed by atoms with Gasteiger partial charge in [0, 0.05) is 12.6 Å². The van der Waals surface area contributed by atoms with E-state index in [2.05, 4.69) is 27.1 Å². The number of hydrogen-bond acceptors (Lipinski definition) is 7. The molecule has 0 radical (unpaired) electrons. The van der Waals surface area contributed by atoms with Gasteiger partial charge in [-0.25, -0.2) is 4.98 Å². The maximum absolute atomic E-state index is 11.1. The van der Waals surface area contributed by atoms with Crippen LogP contribution in [0.5, 0.6) is 0 Å². The zero-order valence-electron chi connectivity index (χ0n) is 11.8. The molecule has 1 aliphatic rings. The summed E-state index contributed by atoms with van der Waals surface area (Å²) in [4.78, 5) is 20.8. The summed E-state index contributed by atoms with van der Waals surface area (Å²) < 4.78 is 0. The molecule has 8 nitrogen and oxygen atoms in total. The number of anilines is 2. The molecule has 3 N–H and O–H groups in total. The number of nitrogens with one attached hydrogen (secondary N) is 1. The molecule has 1 fully saturated rings. The van der Waals surface area contributed by atoms with Crippen LogP contribution in [0.15, 0.2) is 0 Å². The maximum Gasteiger partial charge on any atom is 0.332 e. The average molecular weight is 280 g/mol. The molecule has 1 unspecified atom stereocenters. The molecule has 2 heterocycles. The van der Waals surface area contributed by atoms with Crippen molar-refractivity contribution in [3.63, 3.8) is 0 Å². The van der Waals surface area contributed by atoms with Gasteiger partial charge in [0.2, 0.25) is 11.8 Å². The van der Waals surface area contributed by atoms with Crippen molar-refractivity contribution in [2.75, 3.05) is 30.7 Å². The number of rotatable bonds is 5. The van der Waals surface area contributed by atoms with Gasteiger partial charge in [-0.3, -0.25) is 15.0 Å². The normalized spacial score (nSPS) is 17.1. The van der Waals surface area contributed by atoms with E-state index in [0.29, 0.717) is 12.6 Å². The third kappa shape index (κ3) is 3.13. The topological polar surface area (TPSA) is 110 Å². The molecule has 0 aliphatic carbocycles. The number of nitrogens with zero attached hydrogens (tertiary/aromatic N) is 4. The second-order valence-corrected chi connectivity index (χ2v) is 5.09. The van der Waals surface area contributed by atoms with Gasteiger partial charge in [0.15, 0.2) is 0 Å².